The third-order valence-electron chi connectivity index (χ3n) is 6.98. The Labute approximate surface area is 117 Å². The zero-order valence-electron chi connectivity index (χ0n) is 12.0. The molecule has 0 N–H and O–H groups in total. The van der Waals surface area contributed by atoms with Crippen LogP contribution in [-0.4, -0.2) is 0 Å². The molecular formula is C19H26. The summed E-state index contributed by atoms with van der Waals surface area (Å²) in [7, 11) is 0. The van der Waals surface area contributed by atoms with Gasteiger partial charge in [0.15, 0.2) is 0 Å². The Morgan fingerprint density at radius 1 is 0.737 bits per heavy atom. The third kappa shape index (κ3) is 1.71. The molecule has 0 unspecified atom stereocenters. The molecule has 102 valence electrons. The molecule has 6 bridgehead atoms. The predicted molar refractivity (Wildman–Crippen MR) is 78.7 cm³/mol. The van der Waals surface area contributed by atoms with Gasteiger partial charge in [-0.25, -0.2) is 0 Å². The van der Waals surface area contributed by atoms with E-state index in [-0.39, 0.29) is 0 Å². The number of allylic oxidation sites excluding steroid dienone is 4. The summed E-state index contributed by atoms with van der Waals surface area (Å²) in [5.41, 5.74) is 3.98. The maximum absolute atomic E-state index is 2.53. The number of fused-ring (bicyclic) bond motifs is 2. The molecule has 6 aliphatic carbocycles. The van der Waals surface area contributed by atoms with Crippen LogP contribution in [0.1, 0.15) is 57.8 Å². The van der Waals surface area contributed by atoms with Gasteiger partial charge in [-0.3, -0.25) is 0 Å². The third-order valence-corrected chi connectivity index (χ3v) is 6.98. The van der Waals surface area contributed by atoms with Crippen LogP contribution in [0, 0.1) is 35.5 Å². The summed E-state index contributed by atoms with van der Waals surface area (Å²) in [5, 5.41) is 0. The summed E-state index contributed by atoms with van der Waals surface area (Å²) < 4.78 is 0. The summed E-state index contributed by atoms with van der Waals surface area (Å²) in [6.45, 7) is 0. The van der Waals surface area contributed by atoms with Crippen LogP contribution in [0.2, 0.25) is 0 Å². The van der Waals surface area contributed by atoms with Crippen molar-refractivity contribution in [3.63, 3.8) is 0 Å². The molecule has 19 heavy (non-hydrogen) atoms. The van der Waals surface area contributed by atoms with E-state index in [0.29, 0.717) is 0 Å². The lowest BCUT2D eigenvalue weighted by atomic mass is 9.52. The fourth-order valence-corrected chi connectivity index (χ4v) is 6.64. The van der Waals surface area contributed by atoms with E-state index in [4.69, 9.17) is 0 Å². The van der Waals surface area contributed by atoms with Crippen molar-refractivity contribution in [2.45, 2.75) is 57.8 Å². The Morgan fingerprint density at radius 3 is 2.16 bits per heavy atom. The van der Waals surface area contributed by atoms with Gasteiger partial charge < -0.3 is 0 Å². The van der Waals surface area contributed by atoms with Gasteiger partial charge in [-0.15, -0.1) is 0 Å². The Morgan fingerprint density at radius 2 is 1.47 bits per heavy atom. The lowest BCUT2D eigenvalue weighted by Gasteiger charge is -2.53. The van der Waals surface area contributed by atoms with Gasteiger partial charge in [0.1, 0.15) is 0 Å². The minimum Gasteiger partial charge on any atom is -0.0880 e. The topological polar surface area (TPSA) is 0 Å². The first-order valence-electron chi connectivity index (χ1n) is 8.73. The van der Waals surface area contributed by atoms with Crippen molar-refractivity contribution in [2.24, 2.45) is 35.5 Å². The molecule has 0 heteroatoms. The number of hydrogen-bond donors (Lipinski definition) is 0. The normalized spacial score (nSPS) is 50.9. The minimum atomic E-state index is 0.909. The van der Waals surface area contributed by atoms with E-state index in [1.807, 2.05) is 11.1 Å². The maximum Gasteiger partial charge on any atom is -0.0192 e. The highest BCUT2D eigenvalue weighted by Gasteiger charge is 2.46. The highest BCUT2D eigenvalue weighted by molar-refractivity contribution is 5.29. The van der Waals surface area contributed by atoms with Crippen LogP contribution in [-0.2, 0) is 0 Å². The lowest BCUT2D eigenvalue weighted by Crippen LogP contribution is -2.41. The van der Waals surface area contributed by atoms with Gasteiger partial charge in [-0.2, -0.15) is 0 Å². The molecule has 0 aromatic carbocycles. The molecule has 0 amide bonds. The predicted octanol–water partition coefficient (Wildman–Crippen LogP) is 5.12. The van der Waals surface area contributed by atoms with Gasteiger partial charge >= 0.3 is 0 Å². The molecule has 6 aliphatic rings. The summed E-state index contributed by atoms with van der Waals surface area (Å²) >= 11 is 0. The largest absolute Gasteiger partial charge is 0.0880 e. The van der Waals surface area contributed by atoms with Crippen LogP contribution in [0.4, 0.5) is 0 Å². The molecule has 0 radical (unpaired) electrons. The van der Waals surface area contributed by atoms with Crippen molar-refractivity contribution in [3.05, 3.63) is 23.3 Å². The van der Waals surface area contributed by atoms with E-state index in [0.717, 1.165) is 35.5 Å². The molecule has 5 saturated carbocycles. The van der Waals surface area contributed by atoms with Crippen molar-refractivity contribution >= 4 is 0 Å². The first-order chi connectivity index (χ1) is 9.35. The summed E-state index contributed by atoms with van der Waals surface area (Å²) in [4.78, 5) is 0. The summed E-state index contributed by atoms with van der Waals surface area (Å²) in [6, 6.07) is 0. The van der Waals surface area contributed by atoms with Crippen molar-refractivity contribution in [2.75, 3.05) is 0 Å². The Balaban J connectivity index is 1.51. The van der Waals surface area contributed by atoms with Crippen LogP contribution in [0.15, 0.2) is 23.3 Å². The summed E-state index contributed by atoms with van der Waals surface area (Å²) in [5.74, 6) is 6.23. The van der Waals surface area contributed by atoms with Crippen LogP contribution < -0.4 is 0 Å². The average Bonchev–Trinajstić information content (AvgIpc) is 2.37. The first-order valence-corrected chi connectivity index (χ1v) is 8.73. The van der Waals surface area contributed by atoms with Crippen LogP contribution in [0.3, 0.4) is 0 Å². The molecule has 0 spiro atoms. The second-order valence-corrected chi connectivity index (χ2v) is 8.30. The standard InChI is InChI=1S/C19H26/c1-2-12-4-13(3-1)7-16(6-12)19-17-8-14-5-15(10-17)11-18(19)9-14/h1-2,12-15,17-18H,3-11H2/t12-,13+,14?,15?,17?,18?/m1/s1. The summed E-state index contributed by atoms with van der Waals surface area (Å²) in [6.07, 6.45) is 18.6. The van der Waals surface area contributed by atoms with Gasteiger partial charge in [-0.1, -0.05) is 23.3 Å². The van der Waals surface area contributed by atoms with Gasteiger partial charge in [-0.05, 0) is 93.3 Å². The van der Waals surface area contributed by atoms with E-state index in [9.17, 15) is 0 Å². The molecule has 6 rings (SSSR count). The molecule has 0 aromatic rings. The fourth-order valence-electron chi connectivity index (χ4n) is 6.64. The molecular weight excluding hydrogens is 228 g/mol. The number of rotatable bonds is 0. The zero-order chi connectivity index (χ0) is 12.4. The zero-order valence-corrected chi connectivity index (χ0v) is 12.0. The Hall–Kier alpha value is -0.520. The van der Waals surface area contributed by atoms with Crippen molar-refractivity contribution in [1.29, 1.82) is 0 Å². The van der Waals surface area contributed by atoms with Crippen LogP contribution in [0.5, 0.6) is 0 Å². The van der Waals surface area contributed by atoms with Crippen molar-refractivity contribution < 1.29 is 0 Å². The second kappa shape index (κ2) is 3.99. The Kier molecular flexibility index (Phi) is 2.35. The van der Waals surface area contributed by atoms with Gasteiger partial charge in [0.05, 0.1) is 0 Å². The maximum atomic E-state index is 2.53. The SMILES string of the molecule is C1=C[C@H]2CC(=C3C4CC5CC(C4)CC3C5)C[C@@H](C1)C2. The molecule has 0 aromatic heterocycles. The van der Waals surface area contributed by atoms with E-state index in [1.54, 1.807) is 32.1 Å². The Bertz CT molecular complexity index is 423. The molecule has 5 fully saturated rings. The fraction of sp³-hybridized carbons (Fsp3) is 0.789. The van der Waals surface area contributed by atoms with Crippen LogP contribution >= 0.6 is 0 Å². The first kappa shape index (κ1) is 11.2. The molecule has 0 aliphatic heterocycles. The number of hydrogen-bond acceptors (Lipinski definition) is 0. The highest BCUT2D eigenvalue weighted by atomic mass is 14.5. The average molecular weight is 254 g/mol. The molecule has 2 atom stereocenters. The lowest BCUT2D eigenvalue weighted by molar-refractivity contribution is 0.0667. The van der Waals surface area contributed by atoms with E-state index in [1.165, 1.54) is 25.7 Å². The molecule has 0 saturated heterocycles. The van der Waals surface area contributed by atoms with Crippen molar-refractivity contribution in [1.82, 2.24) is 0 Å². The smallest absolute Gasteiger partial charge is 0.0192 e. The second-order valence-electron chi connectivity index (χ2n) is 8.30. The van der Waals surface area contributed by atoms with Gasteiger partial charge in [0, 0.05) is 0 Å². The monoisotopic (exact) mass is 254 g/mol. The molecule has 0 nitrogen and oxygen atoms in total. The minimum absolute atomic E-state index is 0.909. The van der Waals surface area contributed by atoms with Gasteiger partial charge in [0.25, 0.3) is 0 Å². The van der Waals surface area contributed by atoms with Crippen LogP contribution in [0.25, 0.3) is 0 Å². The van der Waals surface area contributed by atoms with Gasteiger partial charge in [0.2, 0.25) is 0 Å². The van der Waals surface area contributed by atoms with Crippen molar-refractivity contribution in [3.8, 4) is 0 Å². The van der Waals surface area contributed by atoms with E-state index >= 15 is 0 Å². The van der Waals surface area contributed by atoms with E-state index in [2.05, 4.69) is 12.2 Å². The quantitative estimate of drug-likeness (QED) is 0.527. The highest BCUT2D eigenvalue weighted by Crippen LogP contribution is 2.58. The molecule has 0 heterocycles. The van der Waals surface area contributed by atoms with E-state index < -0.39 is 0 Å².